The van der Waals surface area contributed by atoms with E-state index in [0.717, 1.165) is 24.5 Å². The Kier molecular flexibility index (Phi) is 10.4. The van der Waals surface area contributed by atoms with Crippen LogP contribution < -0.4 is 5.32 Å². The van der Waals surface area contributed by atoms with Crippen molar-refractivity contribution in [3.8, 4) is 0 Å². The van der Waals surface area contributed by atoms with Crippen LogP contribution in [0, 0.1) is 10.1 Å². The van der Waals surface area contributed by atoms with Gasteiger partial charge in [0.2, 0.25) is 0 Å². The molecule has 1 amide bonds. The molecule has 2 aliphatic rings. The Morgan fingerprint density at radius 2 is 1.80 bits per heavy atom. The molecule has 0 bridgehead atoms. The number of hydrogen-bond acceptors (Lipinski definition) is 10. The highest BCUT2D eigenvalue weighted by atomic mass is 32.2. The molecular weight excluding hydrogens is 546 g/mol. The summed E-state index contributed by atoms with van der Waals surface area (Å²) >= 11 is 0. The monoisotopic (exact) mass is 579 g/mol. The van der Waals surface area contributed by atoms with E-state index >= 15 is 0 Å². The molecule has 0 aromatic heterocycles. The molecular formula is C26H33N3O10S. The Morgan fingerprint density at radius 3 is 2.48 bits per heavy atom. The van der Waals surface area contributed by atoms with Crippen molar-refractivity contribution in [3.63, 3.8) is 0 Å². The van der Waals surface area contributed by atoms with Gasteiger partial charge in [0.1, 0.15) is 6.79 Å². The summed E-state index contributed by atoms with van der Waals surface area (Å²) in [5.41, 5.74) is 0.380. The van der Waals surface area contributed by atoms with Crippen molar-refractivity contribution in [2.45, 2.75) is 61.4 Å². The van der Waals surface area contributed by atoms with E-state index in [1.165, 1.54) is 18.2 Å². The molecule has 2 aromatic rings. The Morgan fingerprint density at radius 1 is 1.10 bits per heavy atom. The summed E-state index contributed by atoms with van der Waals surface area (Å²) in [7, 11) is -4.43. The highest BCUT2D eigenvalue weighted by Gasteiger charge is 2.35. The molecule has 1 aliphatic carbocycles. The first-order chi connectivity index (χ1) is 19.2. The van der Waals surface area contributed by atoms with Gasteiger partial charge in [0, 0.05) is 12.1 Å². The molecule has 40 heavy (non-hydrogen) atoms. The molecule has 2 fully saturated rings. The quantitative estimate of drug-likeness (QED) is 0.282. The second-order valence-electron chi connectivity index (χ2n) is 9.65. The number of alkyl carbamates (subject to hydrolysis) is 1. The molecule has 14 heteroatoms. The van der Waals surface area contributed by atoms with Crippen LogP contribution in [0.2, 0.25) is 0 Å². The zero-order valence-corrected chi connectivity index (χ0v) is 22.6. The van der Waals surface area contributed by atoms with Gasteiger partial charge in [0.15, 0.2) is 6.10 Å². The lowest BCUT2D eigenvalue weighted by Crippen LogP contribution is -2.52. The van der Waals surface area contributed by atoms with Crippen LogP contribution in [0.4, 0.5) is 10.5 Å². The van der Waals surface area contributed by atoms with Crippen molar-refractivity contribution in [1.29, 1.82) is 0 Å². The van der Waals surface area contributed by atoms with Gasteiger partial charge in [-0.05, 0) is 30.9 Å². The average molecular weight is 580 g/mol. The normalized spacial score (nSPS) is 18.4. The number of hydrogen-bond donors (Lipinski definition) is 2. The van der Waals surface area contributed by atoms with E-state index in [1.54, 1.807) is 12.1 Å². The number of aliphatic hydroxyl groups is 1. The van der Waals surface area contributed by atoms with Crippen LogP contribution in [-0.2, 0) is 35.5 Å². The number of amides is 1. The standard InChI is InChI=1S/C26H33N3O10S/c30-25(24(13-19-7-2-1-3-8-19)27-26(31)38-22-16-36-18-37-17-22)15-28(39-21-10-4-5-11-21)40(34,35)23-12-6-9-20(14-23)29(32)33/h1-3,6-9,12,14,21-22,24-25,30H,4-5,10-11,13,15-18H2,(H,27,31)/t24-,25+/m0/s1. The van der Waals surface area contributed by atoms with Gasteiger partial charge < -0.3 is 24.6 Å². The van der Waals surface area contributed by atoms with Gasteiger partial charge in [-0.3, -0.25) is 15.0 Å². The highest BCUT2D eigenvalue weighted by molar-refractivity contribution is 7.89. The first kappa shape index (κ1) is 29.8. The second kappa shape index (κ2) is 14.0. The highest BCUT2D eigenvalue weighted by Crippen LogP contribution is 2.27. The minimum Gasteiger partial charge on any atom is -0.441 e. The Balaban J connectivity index is 1.56. The third kappa shape index (κ3) is 8.19. The first-order valence-electron chi connectivity index (χ1n) is 13.0. The largest absolute Gasteiger partial charge is 0.441 e. The minimum atomic E-state index is -4.43. The van der Waals surface area contributed by atoms with Gasteiger partial charge in [-0.25, -0.2) is 13.2 Å². The molecule has 1 aliphatic heterocycles. The van der Waals surface area contributed by atoms with Crippen LogP contribution in [-0.4, -0.2) is 79.9 Å². The number of nitro groups is 1. The molecule has 218 valence electrons. The topological polar surface area (TPSA) is 167 Å². The fraction of sp³-hybridized carbons (Fsp3) is 0.500. The Bertz CT molecular complexity index is 1230. The number of nitrogens with one attached hydrogen (secondary N) is 1. The van der Waals surface area contributed by atoms with E-state index in [2.05, 4.69) is 5.32 Å². The number of rotatable bonds is 12. The number of carbonyl (C=O) groups is 1. The van der Waals surface area contributed by atoms with Crippen LogP contribution in [0.1, 0.15) is 31.2 Å². The predicted octanol–water partition coefficient (Wildman–Crippen LogP) is 2.53. The molecule has 0 radical (unpaired) electrons. The van der Waals surface area contributed by atoms with Crippen LogP contribution in [0.5, 0.6) is 0 Å². The van der Waals surface area contributed by atoms with E-state index in [9.17, 15) is 28.4 Å². The molecule has 2 N–H and O–H groups in total. The number of nitro benzene ring substituents is 1. The van der Waals surface area contributed by atoms with Crippen molar-refractivity contribution in [1.82, 2.24) is 9.79 Å². The SMILES string of the molecule is O=C(N[C@@H](Cc1ccccc1)[C@H](O)CN(OC1CCCC1)S(=O)(=O)c1cccc([N+](=O)[O-])c1)OC1COCOC1. The van der Waals surface area contributed by atoms with Gasteiger partial charge >= 0.3 is 6.09 Å². The zero-order chi connectivity index (χ0) is 28.5. The third-order valence-corrected chi connectivity index (χ3v) is 8.23. The van der Waals surface area contributed by atoms with Crippen LogP contribution >= 0.6 is 0 Å². The molecule has 1 saturated heterocycles. The van der Waals surface area contributed by atoms with E-state index in [4.69, 9.17) is 19.0 Å². The maximum absolute atomic E-state index is 13.6. The smallest absolute Gasteiger partial charge is 0.407 e. The summed E-state index contributed by atoms with van der Waals surface area (Å²) in [5, 5.41) is 25.2. The van der Waals surface area contributed by atoms with Gasteiger partial charge in [-0.2, -0.15) is 0 Å². The second-order valence-corrected chi connectivity index (χ2v) is 11.5. The summed E-state index contributed by atoms with van der Waals surface area (Å²) in [6, 6.07) is 12.7. The van der Waals surface area contributed by atoms with Crippen molar-refractivity contribution in [2.24, 2.45) is 0 Å². The molecule has 4 rings (SSSR count). The minimum absolute atomic E-state index is 0.104. The summed E-state index contributed by atoms with van der Waals surface area (Å²) < 4.78 is 43.6. The molecule has 1 heterocycles. The molecule has 0 spiro atoms. The Labute approximate surface area is 232 Å². The molecule has 2 atom stereocenters. The molecule has 2 aromatic carbocycles. The lowest BCUT2D eigenvalue weighted by Gasteiger charge is -2.31. The van der Waals surface area contributed by atoms with E-state index in [-0.39, 0.29) is 31.3 Å². The van der Waals surface area contributed by atoms with Crippen molar-refractivity contribution >= 4 is 21.8 Å². The van der Waals surface area contributed by atoms with Gasteiger partial charge in [-0.15, -0.1) is 0 Å². The number of ether oxygens (including phenoxy) is 3. The molecule has 13 nitrogen and oxygen atoms in total. The first-order valence-corrected chi connectivity index (χ1v) is 14.4. The molecule has 1 saturated carbocycles. The van der Waals surface area contributed by atoms with Crippen molar-refractivity contribution < 1.29 is 42.3 Å². The summed E-state index contributed by atoms with van der Waals surface area (Å²) in [6.07, 6.45) is -0.195. The van der Waals surface area contributed by atoms with Crippen LogP contribution in [0.25, 0.3) is 0 Å². The van der Waals surface area contributed by atoms with Crippen LogP contribution in [0.3, 0.4) is 0 Å². The lowest BCUT2D eigenvalue weighted by molar-refractivity contribution is -0.385. The zero-order valence-electron chi connectivity index (χ0n) is 21.8. The third-order valence-electron chi connectivity index (χ3n) is 6.61. The number of non-ortho nitro benzene ring substituents is 1. The van der Waals surface area contributed by atoms with Gasteiger partial charge in [0.25, 0.3) is 15.7 Å². The number of sulfonamides is 1. The summed E-state index contributed by atoms with van der Waals surface area (Å²) in [5.74, 6) is 0. The van der Waals surface area contributed by atoms with Gasteiger partial charge in [-0.1, -0.05) is 53.7 Å². The average Bonchev–Trinajstić information content (AvgIpc) is 3.47. The number of benzene rings is 2. The number of hydroxylamine groups is 1. The summed E-state index contributed by atoms with van der Waals surface area (Å²) in [6.45, 7) is -0.130. The fourth-order valence-corrected chi connectivity index (χ4v) is 5.87. The van der Waals surface area contributed by atoms with E-state index < -0.39 is 57.6 Å². The van der Waals surface area contributed by atoms with E-state index in [1.807, 2.05) is 18.2 Å². The van der Waals surface area contributed by atoms with E-state index in [0.29, 0.717) is 17.3 Å². The van der Waals surface area contributed by atoms with Gasteiger partial charge in [0.05, 0.1) is 47.8 Å². The summed E-state index contributed by atoms with van der Waals surface area (Å²) in [4.78, 5) is 28.8. The number of aliphatic hydroxyl groups excluding tert-OH is 1. The maximum atomic E-state index is 13.6. The fourth-order valence-electron chi connectivity index (χ4n) is 4.54. The molecule has 0 unspecified atom stereocenters. The lowest BCUT2D eigenvalue weighted by atomic mass is 10.0. The number of carbonyl (C=O) groups excluding carboxylic acids is 1. The maximum Gasteiger partial charge on any atom is 0.407 e. The number of nitrogens with zero attached hydrogens (tertiary/aromatic N) is 2. The van der Waals surface area contributed by atoms with Crippen molar-refractivity contribution in [3.05, 3.63) is 70.3 Å². The van der Waals surface area contributed by atoms with Crippen molar-refractivity contribution in [2.75, 3.05) is 26.6 Å². The Hall–Kier alpha value is -3.14. The predicted molar refractivity (Wildman–Crippen MR) is 140 cm³/mol. The van der Waals surface area contributed by atoms with Crippen LogP contribution in [0.15, 0.2) is 59.5 Å².